The van der Waals surface area contributed by atoms with E-state index in [1.165, 1.54) is 0 Å². The molecule has 17 heavy (non-hydrogen) atoms. The predicted octanol–water partition coefficient (Wildman–Crippen LogP) is 1.60. The average Bonchev–Trinajstić information content (AvgIpc) is 2.79. The topological polar surface area (TPSA) is 64.4 Å². The lowest BCUT2D eigenvalue weighted by atomic mass is 9.89. The maximum Gasteiger partial charge on any atom is 0.330 e. The van der Waals surface area contributed by atoms with E-state index in [-0.39, 0.29) is 5.92 Å². The zero-order chi connectivity index (χ0) is 12.5. The summed E-state index contributed by atoms with van der Waals surface area (Å²) >= 11 is 0. The number of rotatable bonds is 3. The first-order chi connectivity index (χ1) is 8.08. The summed E-state index contributed by atoms with van der Waals surface area (Å²) in [6, 6.07) is 0. The molecule has 1 saturated heterocycles. The smallest absolute Gasteiger partial charge is 0.330 e. The van der Waals surface area contributed by atoms with Gasteiger partial charge in [0.2, 0.25) is 0 Å². The zero-order valence-electron chi connectivity index (χ0n) is 10.2. The Hall–Kier alpha value is -1.36. The highest BCUT2D eigenvalue weighted by Gasteiger charge is 2.43. The summed E-state index contributed by atoms with van der Waals surface area (Å²) < 4.78 is 7.10. The van der Waals surface area contributed by atoms with Crippen LogP contribution in [0.2, 0.25) is 0 Å². The van der Waals surface area contributed by atoms with Gasteiger partial charge >= 0.3 is 5.97 Å². The number of hydrogen-bond donors (Lipinski definition) is 1. The van der Waals surface area contributed by atoms with E-state index < -0.39 is 11.5 Å². The molecule has 94 valence electrons. The quantitative estimate of drug-likeness (QED) is 0.868. The fraction of sp³-hybridized carbons (Fsp3) is 0.667. The van der Waals surface area contributed by atoms with Gasteiger partial charge in [-0.1, -0.05) is 13.8 Å². The monoisotopic (exact) mass is 238 g/mol. The van der Waals surface area contributed by atoms with Gasteiger partial charge in [-0.3, -0.25) is 0 Å². The normalized spacial score (nSPS) is 19.5. The third-order valence-electron chi connectivity index (χ3n) is 3.36. The number of aromatic nitrogens is 2. The molecule has 0 amide bonds. The molecule has 2 rings (SSSR count). The summed E-state index contributed by atoms with van der Waals surface area (Å²) in [4.78, 5) is 15.9. The van der Waals surface area contributed by atoms with Gasteiger partial charge in [-0.2, -0.15) is 0 Å². The Morgan fingerprint density at radius 2 is 2.18 bits per heavy atom. The molecule has 0 unspecified atom stereocenters. The molecular weight excluding hydrogens is 220 g/mol. The van der Waals surface area contributed by atoms with Gasteiger partial charge < -0.3 is 14.4 Å². The Bertz CT molecular complexity index is 406. The highest BCUT2D eigenvalue weighted by Crippen LogP contribution is 2.32. The van der Waals surface area contributed by atoms with Gasteiger partial charge in [0.15, 0.2) is 0 Å². The molecular formula is C12H18N2O3. The number of carboxylic acid groups (broad SMARTS) is 1. The first-order valence-corrected chi connectivity index (χ1v) is 5.93. The van der Waals surface area contributed by atoms with Gasteiger partial charge in [0.25, 0.3) is 0 Å². The summed E-state index contributed by atoms with van der Waals surface area (Å²) in [6.45, 7) is 5.02. The number of carbonyl (C=O) groups is 1. The SMILES string of the molecule is CC(C)c1nccn1C1(C(=O)O)CCOCC1. The molecule has 5 nitrogen and oxygen atoms in total. The van der Waals surface area contributed by atoms with Crippen molar-refractivity contribution in [3.8, 4) is 0 Å². The molecule has 1 aliphatic rings. The minimum atomic E-state index is -0.881. The number of hydrogen-bond acceptors (Lipinski definition) is 3. The van der Waals surface area contributed by atoms with Gasteiger partial charge in [0.1, 0.15) is 11.4 Å². The van der Waals surface area contributed by atoms with E-state index >= 15 is 0 Å². The highest BCUT2D eigenvalue weighted by molar-refractivity contribution is 5.77. The highest BCUT2D eigenvalue weighted by atomic mass is 16.5. The van der Waals surface area contributed by atoms with Crippen LogP contribution in [0.5, 0.6) is 0 Å². The minimum absolute atomic E-state index is 0.212. The fourth-order valence-electron chi connectivity index (χ4n) is 2.37. The molecule has 1 fully saturated rings. The zero-order valence-corrected chi connectivity index (χ0v) is 10.2. The van der Waals surface area contributed by atoms with Crippen molar-refractivity contribution in [1.82, 2.24) is 9.55 Å². The summed E-state index contributed by atoms with van der Waals surface area (Å²) in [5.74, 6) is 0.249. The van der Waals surface area contributed by atoms with Gasteiger partial charge in [-0.05, 0) is 0 Å². The molecule has 0 bridgehead atoms. The van der Waals surface area contributed by atoms with Gasteiger partial charge in [-0.15, -0.1) is 0 Å². The van der Waals surface area contributed by atoms with Crippen LogP contribution in [0.25, 0.3) is 0 Å². The van der Waals surface area contributed by atoms with Crippen LogP contribution in [-0.4, -0.2) is 33.8 Å². The standard InChI is InChI=1S/C12H18N2O3/c1-9(2)10-13-5-6-14(10)12(11(15)16)3-7-17-8-4-12/h5-6,9H,3-4,7-8H2,1-2H3,(H,15,16). The Labute approximate surface area is 100 Å². The van der Waals surface area contributed by atoms with Crippen molar-refractivity contribution >= 4 is 5.97 Å². The molecule has 5 heteroatoms. The number of aliphatic carboxylic acids is 1. The van der Waals surface area contributed by atoms with Crippen molar-refractivity contribution < 1.29 is 14.6 Å². The maximum atomic E-state index is 11.6. The van der Waals surface area contributed by atoms with E-state index in [0.717, 1.165) is 5.82 Å². The average molecular weight is 238 g/mol. The van der Waals surface area contributed by atoms with Crippen molar-refractivity contribution in [2.75, 3.05) is 13.2 Å². The number of carboxylic acids is 1. The van der Waals surface area contributed by atoms with Crippen molar-refractivity contribution in [3.05, 3.63) is 18.2 Å². The lowest BCUT2D eigenvalue weighted by Crippen LogP contribution is -2.47. The van der Waals surface area contributed by atoms with E-state index in [1.54, 1.807) is 12.4 Å². The fourth-order valence-corrected chi connectivity index (χ4v) is 2.37. The van der Waals surface area contributed by atoms with Crippen LogP contribution in [0.15, 0.2) is 12.4 Å². The Kier molecular flexibility index (Phi) is 3.19. The Balaban J connectivity index is 2.45. The first kappa shape index (κ1) is 12.1. The van der Waals surface area contributed by atoms with Crippen LogP contribution in [0.4, 0.5) is 0 Å². The largest absolute Gasteiger partial charge is 0.479 e. The summed E-state index contributed by atoms with van der Waals surface area (Å²) in [6.07, 6.45) is 4.45. The third kappa shape index (κ3) is 1.95. The number of ether oxygens (including phenoxy) is 1. The molecule has 1 aromatic rings. The lowest BCUT2D eigenvalue weighted by molar-refractivity contribution is -0.153. The number of nitrogens with zero attached hydrogens (tertiary/aromatic N) is 2. The summed E-state index contributed by atoms with van der Waals surface area (Å²) in [7, 11) is 0. The molecule has 0 atom stereocenters. The molecule has 0 aliphatic carbocycles. The van der Waals surface area contributed by atoms with Crippen molar-refractivity contribution in [2.45, 2.75) is 38.1 Å². The van der Waals surface area contributed by atoms with Crippen LogP contribution in [-0.2, 0) is 15.1 Å². The third-order valence-corrected chi connectivity index (χ3v) is 3.36. The first-order valence-electron chi connectivity index (χ1n) is 5.93. The second-order valence-electron chi connectivity index (χ2n) is 4.76. The molecule has 0 radical (unpaired) electrons. The molecule has 1 N–H and O–H groups in total. The molecule has 1 aromatic heterocycles. The maximum absolute atomic E-state index is 11.6. The van der Waals surface area contributed by atoms with E-state index in [9.17, 15) is 9.90 Å². The van der Waals surface area contributed by atoms with Crippen LogP contribution < -0.4 is 0 Å². The summed E-state index contributed by atoms with van der Waals surface area (Å²) in [5.41, 5.74) is -0.881. The van der Waals surface area contributed by atoms with Crippen LogP contribution in [0, 0.1) is 0 Å². The van der Waals surface area contributed by atoms with Crippen LogP contribution >= 0.6 is 0 Å². The van der Waals surface area contributed by atoms with Gasteiger partial charge in [0, 0.05) is 44.4 Å². The Morgan fingerprint density at radius 1 is 1.53 bits per heavy atom. The molecule has 0 spiro atoms. The van der Waals surface area contributed by atoms with Crippen molar-refractivity contribution in [1.29, 1.82) is 0 Å². The van der Waals surface area contributed by atoms with E-state index in [1.807, 2.05) is 18.4 Å². The molecule has 0 saturated carbocycles. The lowest BCUT2D eigenvalue weighted by Gasteiger charge is -2.36. The summed E-state index contributed by atoms with van der Waals surface area (Å²) in [5, 5.41) is 9.56. The predicted molar refractivity (Wildman–Crippen MR) is 62.0 cm³/mol. The van der Waals surface area contributed by atoms with E-state index in [2.05, 4.69) is 4.98 Å². The molecule has 2 heterocycles. The molecule has 0 aromatic carbocycles. The minimum Gasteiger partial charge on any atom is -0.479 e. The van der Waals surface area contributed by atoms with E-state index in [0.29, 0.717) is 26.1 Å². The van der Waals surface area contributed by atoms with Gasteiger partial charge in [-0.25, -0.2) is 9.78 Å². The van der Waals surface area contributed by atoms with Crippen LogP contribution in [0.3, 0.4) is 0 Å². The van der Waals surface area contributed by atoms with Crippen molar-refractivity contribution in [3.63, 3.8) is 0 Å². The van der Waals surface area contributed by atoms with Crippen molar-refractivity contribution in [2.24, 2.45) is 0 Å². The molecule has 1 aliphatic heterocycles. The van der Waals surface area contributed by atoms with Crippen LogP contribution in [0.1, 0.15) is 38.4 Å². The second kappa shape index (κ2) is 4.49. The van der Waals surface area contributed by atoms with Gasteiger partial charge in [0.05, 0.1) is 0 Å². The second-order valence-corrected chi connectivity index (χ2v) is 4.76. The Morgan fingerprint density at radius 3 is 2.71 bits per heavy atom. The number of imidazole rings is 1. The van der Waals surface area contributed by atoms with E-state index in [4.69, 9.17) is 4.74 Å².